The number of rotatable bonds is 5. The lowest BCUT2D eigenvalue weighted by Gasteiger charge is -2.28. The van der Waals surface area contributed by atoms with Crippen molar-refractivity contribution in [3.8, 4) is 33.4 Å². The summed E-state index contributed by atoms with van der Waals surface area (Å²) in [6, 6.07) is 65.0. The van der Waals surface area contributed by atoms with Crippen LogP contribution in [0.15, 0.2) is 176 Å². The second kappa shape index (κ2) is 11.7. The van der Waals surface area contributed by atoms with Crippen LogP contribution in [0.25, 0.3) is 64.3 Å². The molecule has 0 saturated heterocycles. The van der Waals surface area contributed by atoms with Crippen LogP contribution in [0.2, 0.25) is 13.1 Å². The fourth-order valence-corrected chi connectivity index (χ4v) is 12.6. The van der Waals surface area contributed by atoms with E-state index in [-0.39, 0.29) is 0 Å². The van der Waals surface area contributed by atoms with Crippen molar-refractivity contribution < 1.29 is 0 Å². The maximum absolute atomic E-state index is 2.53. The highest BCUT2D eigenvalue weighted by Crippen LogP contribution is 2.44. The maximum Gasteiger partial charge on any atom is 0.114 e. The largest absolute Gasteiger partial charge is 0.311 e. The lowest BCUT2D eigenvalue weighted by Crippen LogP contribution is -2.49. The van der Waals surface area contributed by atoms with E-state index < -0.39 is 8.07 Å². The molecular weight excluding hydrogens is 651 g/mol. The zero-order valence-electron chi connectivity index (χ0n) is 28.6. The van der Waals surface area contributed by atoms with Gasteiger partial charge in [0.2, 0.25) is 0 Å². The average Bonchev–Trinajstić information content (AvgIpc) is 3.67. The lowest BCUT2D eigenvalue weighted by molar-refractivity contribution is 1.29. The van der Waals surface area contributed by atoms with Gasteiger partial charge in [0, 0.05) is 37.2 Å². The molecule has 1 aromatic heterocycles. The van der Waals surface area contributed by atoms with Crippen molar-refractivity contribution in [2.24, 2.45) is 0 Å². The third-order valence-electron chi connectivity index (χ3n) is 10.9. The molecule has 1 aliphatic heterocycles. The highest BCUT2D eigenvalue weighted by atomic mass is 32.1. The normalized spacial score (nSPS) is 13.1. The van der Waals surface area contributed by atoms with Crippen molar-refractivity contribution in [3.05, 3.63) is 176 Å². The maximum atomic E-state index is 2.53. The minimum absolute atomic E-state index is 1.15. The molecule has 51 heavy (non-hydrogen) atoms. The summed E-state index contributed by atoms with van der Waals surface area (Å²) in [7, 11) is -1.98. The monoisotopic (exact) mass is 685 g/mol. The minimum atomic E-state index is -1.98. The molecule has 0 radical (unpaired) electrons. The quantitative estimate of drug-likeness (QED) is 0.163. The van der Waals surface area contributed by atoms with Gasteiger partial charge in [-0.3, -0.25) is 0 Å². The lowest BCUT2D eigenvalue weighted by atomic mass is 10.0. The van der Waals surface area contributed by atoms with Gasteiger partial charge >= 0.3 is 0 Å². The van der Waals surface area contributed by atoms with Gasteiger partial charge in [-0.1, -0.05) is 140 Å². The van der Waals surface area contributed by atoms with Gasteiger partial charge in [-0.05, 0) is 103 Å². The molecule has 1 nitrogen and oxygen atoms in total. The molecule has 0 amide bonds. The van der Waals surface area contributed by atoms with Crippen LogP contribution < -0.4 is 15.3 Å². The molecule has 0 aliphatic carbocycles. The third kappa shape index (κ3) is 4.88. The van der Waals surface area contributed by atoms with E-state index in [1.54, 1.807) is 5.19 Å². The number of anilines is 3. The van der Waals surface area contributed by atoms with Crippen LogP contribution in [0.4, 0.5) is 17.1 Å². The van der Waals surface area contributed by atoms with Gasteiger partial charge in [0.05, 0.1) is 0 Å². The molecule has 9 aromatic rings. The molecule has 0 unspecified atom stereocenters. The van der Waals surface area contributed by atoms with Gasteiger partial charge in [-0.25, -0.2) is 0 Å². The first-order chi connectivity index (χ1) is 25.0. The van der Waals surface area contributed by atoms with Crippen LogP contribution in [-0.2, 0) is 0 Å². The Morgan fingerprint density at radius 3 is 1.80 bits per heavy atom. The molecule has 242 valence electrons. The van der Waals surface area contributed by atoms with Crippen LogP contribution in [0.5, 0.6) is 0 Å². The first-order valence-corrected chi connectivity index (χ1v) is 21.5. The zero-order chi connectivity index (χ0) is 34.1. The summed E-state index contributed by atoms with van der Waals surface area (Å²) in [5, 5.41) is 8.33. The van der Waals surface area contributed by atoms with E-state index in [1.165, 1.54) is 75.2 Å². The van der Waals surface area contributed by atoms with Crippen molar-refractivity contribution in [1.82, 2.24) is 0 Å². The Morgan fingerprint density at radius 1 is 0.431 bits per heavy atom. The number of hydrogen-bond acceptors (Lipinski definition) is 2. The van der Waals surface area contributed by atoms with Gasteiger partial charge in [-0.15, -0.1) is 11.3 Å². The van der Waals surface area contributed by atoms with E-state index in [4.69, 9.17) is 0 Å². The predicted molar refractivity (Wildman–Crippen MR) is 225 cm³/mol. The Balaban J connectivity index is 1.10. The SMILES string of the molecule is C[Si]1(C)c2cc(N(c3ccc(-c4ccccc4)cc3)c3ccc(-c4ccc5ccccc5c4)cc3)ccc2-c2c1ccc1c2sc2ccccc21. The second-order valence-corrected chi connectivity index (χ2v) is 19.6. The molecule has 0 bridgehead atoms. The van der Waals surface area contributed by atoms with Gasteiger partial charge in [-0.2, -0.15) is 0 Å². The molecule has 0 N–H and O–H groups in total. The number of nitrogens with zero attached hydrogens (tertiary/aromatic N) is 1. The summed E-state index contributed by atoms with van der Waals surface area (Å²) in [6.45, 7) is 5.05. The van der Waals surface area contributed by atoms with E-state index >= 15 is 0 Å². The van der Waals surface area contributed by atoms with Crippen LogP contribution in [0.3, 0.4) is 0 Å². The van der Waals surface area contributed by atoms with E-state index in [0.29, 0.717) is 0 Å². The molecule has 10 rings (SSSR count). The average molecular weight is 686 g/mol. The first kappa shape index (κ1) is 30.1. The first-order valence-electron chi connectivity index (χ1n) is 17.7. The summed E-state index contributed by atoms with van der Waals surface area (Å²) in [6.07, 6.45) is 0. The summed E-state index contributed by atoms with van der Waals surface area (Å²) < 4.78 is 2.79. The molecule has 2 heterocycles. The number of fused-ring (bicyclic) bond motifs is 8. The number of thiophene rings is 1. The van der Waals surface area contributed by atoms with Crippen molar-refractivity contribution >= 4 is 77.8 Å². The van der Waals surface area contributed by atoms with Crippen molar-refractivity contribution in [2.45, 2.75) is 13.1 Å². The second-order valence-electron chi connectivity index (χ2n) is 14.2. The Bertz CT molecular complexity index is 2760. The van der Waals surface area contributed by atoms with E-state index in [2.05, 4.69) is 194 Å². The Kier molecular flexibility index (Phi) is 6.89. The standard InChI is InChI=1S/C48H35NSSi/c1-51(2)45-29-28-42-41-14-8-9-15-44(41)50-48(42)47(45)43-27-26-40(31-46(43)51)49(38-22-18-34(19-23-38)32-10-4-3-5-11-32)39-24-20-35(21-25-39)37-17-16-33-12-6-7-13-36(33)30-37/h3-31H,1-2H3. The summed E-state index contributed by atoms with van der Waals surface area (Å²) in [5.74, 6) is 0. The Morgan fingerprint density at radius 2 is 1.04 bits per heavy atom. The van der Waals surface area contributed by atoms with Gasteiger partial charge in [0.15, 0.2) is 0 Å². The van der Waals surface area contributed by atoms with Crippen molar-refractivity contribution in [1.29, 1.82) is 0 Å². The molecule has 8 aromatic carbocycles. The predicted octanol–water partition coefficient (Wildman–Crippen LogP) is 12.8. The fraction of sp³-hybridized carbons (Fsp3) is 0.0417. The van der Waals surface area contributed by atoms with Crippen LogP contribution in [-0.4, -0.2) is 8.07 Å². The van der Waals surface area contributed by atoms with Crippen LogP contribution in [0.1, 0.15) is 0 Å². The molecule has 0 saturated carbocycles. The van der Waals surface area contributed by atoms with Crippen LogP contribution in [0, 0.1) is 0 Å². The van der Waals surface area contributed by atoms with E-state index in [1.807, 2.05) is 11.3 Å². The number of benzene rings is 8. The minimum Gasteiger partial charge on any atom is -0.311 e. The van der Waals surface area contributed by atoms with Crippen molar-refractivity contribution in [2.75, 3.05) is 4.90 Å². The fourth-order valence-electron chi connectivity index (χ4n) is 8.18. The van der Waals surface area contributed by atoms with E-state index in [0.717, 1.165) is 11.4 Å². The molecule has 0 fully saturated rings. The topological polar surface area (TPSA) is 3.24 Å². The highest BCUT2D eigenvalue weighted by molar-refractivity contribution is 7.26. The summed E-state index contributed by atoms with van der Waals surface area (Å²) in [5.41, 5.74) is 11.3. The van der Waals surface area contributed by atoms with Gasteiger partial charge < -0.3 is 4.90 Å². The summed E-state index contributed by atoms with van der Waals surface area (Å²) >= 11 is 1.95. The molecule has 1 aliphatic rings. The smallest absolute Gasteiger partial charge is 0.114 e. The summed E-state index contributed by atoms with van der Waals surface area (Å²) in [4.78, 5) is 2.43. The Labute approximate surface area is 303 Å². The van der Waals surface area contributed by atoms with Gasteiger partial charge in [0.1, 0.15) is 8.07 Å². The van der Waals surface area contributed by atoms with Gasteiger partial charge in [0.25, 0.3) is 0 Å². The zero-order valence-corrected chi connectivity index (χ0v) is 30.4. The van der Waals surface area contributed by atoms with Crippen LogP contribution >= 0.6 is 11.3 Å². The van der Waals surface area contributed by atoms with Crippen molar-refractivity contribution in [3.63, 3.8) is 0 Å². The number of hydrogen-bond donors (Lipinski definition) is 0. The van der Waals surface area contributed by atoms with E-state index in [9.17, 15) is 0 Å². The third-order valence-corrected chi connectivity index (χ3v) is 15.6. The molecule has 0 spiro atoms. The Hall–Kier alpha value is -5.74. The molecule has 0 atom stereocenters. The molecule has 3 heteroatoms. The molecular formula is C48H35NSSi. The highest BCUT2D eigenvalue weighted by Gasteiger charge is 2.39.